The predicted octanol–water partition coefficient (Wildman–Crippen LogP) is 4.24. The van der Waals surface area contributed by atoms with E-state index < -0.39 is 5.24 Å². The fourth-order valence-corrected chi connectivity index (χ4v) is 2.24. The molecule has 5 heteroatoms. The van der Waals surface area contributed by atoms with Gasteiger partial charge in [0.25, 0.3) is 5.24 Å². The van der Waals surface area contributed by atoms with E-state index in [1.807, 2.05) is 0 Å². The van der Waals surface area contributed by atoms with E-state index in [1.54, 1.807) is 12.1 Å². The number of carbonyl (C=O) groups excluding carboxylic acids is 1. The highest BCUT2D eigenvalue weighted by Crippen LogP contribution is 2.33. The van der Waals surface area contributed by atoms with Gasteiger partial charge in [-0.2, -0.15) is 0 Å². The first-order valence-corrected chi connectivity index (χ1v) is 5.21. The summed E-state index contributed by atoms with van der Waals surface area (Å²) in [6.45, 7) is 0. The lowest BCUT2D eigenvalue weighted by molar-refractivity contribution is 0.108. The van der Waals surface area contributed by atoms with Gasteiger partial charge in [-0.05, 0) is 55.6 Å². The molecule has 0 saturated heterocycles. The molecule has 0 saturated carbocycles. The van der Waals surface area contributed by atoms with Crippen LogP contribution in [0.5, 0.6) is 0 Å². The molecule has 1 rings (SSSR count). The molecule has 0 aliphatic rings. The summed E-state index contributed by atoms with van der Waals surface area (Å²) in [4.78, 5) is 10.8. The third-order valence-corrected chi connectivity index (χ3v) is 3.78. The number of benzene rings is 1. The van der Waals surface area contributed by atoms with Crippen molar-refractivity contribution in [3.8, 4) is 0 Å². The van der Waals surface area contributed by atoms with Gasteiger partial charge in [-0.25, -0.2) is 0 Å². The zero-order valence-corrected chi connectivity index (χ0v) is 10.3. The van der Waals surface area contributed by atoms with Crippen molar-refractivity contribution in [1.82, 2.24) is 0 Å². The van der Waals surface area contributed by atoms with Gasteiger partial charge < -0.3 is 0 Å². The summed E-state index contributed by atoms with van der Waals surface area (Å²) in [5.74, 6) is 0. The topological polar surface area (TPSA) is 17.1 Å². The van der Waals surface area contributed by atoms with Crippen molar-refractivity contribution in [3.63, 3.8) is 0 Å². The van der Waals surface area contributed by atoms with Crippen LogP contribution in [0.3, 0.4) is 0 Å². The molecular weight excluding hydrogens is 331 g/mol. The Bertz CT molecular complexity index is 338. The predicted molar refractivity (Wildman–Crippen MR) is 57.0 cm³/mol. The zero-order valence-electron chi connectivity index (χ0n) is 5.57. The molecule has 0 radical (unpaired) electrons. The fourth-order valence-electron chi connectivity index (χ4n) is 0.678. The largest absolute Gasteiger partial charge is 0.276 e. The summed E-state index contributed by atoms with van der Waals surface area (Å²) in [7, 11) is 0. The molecule has 1 aromatic carbocycles. The number of halogens is 4. The summed E-state index contributed by atoms with van der Waals surface area (Å²) in [6.07, 6.45) is 0. The van der Waals surface area contributed by atoms with Crippen LogP contribution >= 0.6 is 55.1 Å². The van der Waals surface area contributed by atoms with Gasteiger partial charge in [0.2, 0.25) is 0 Å². The van der Waals surface area contributed by atoms with Gasteiger partial charge in [-0.15, -0.1) is 0 Å². The van der Waals surface area contributed by atoms with Crippen LogP contribution in [0.2, 0.25) is 5.02 Å². The Hall–Kier alpha value is 0.430. The van der Waals surface area contributed by atoms with E-state index in [4.69, 9.17) is 23.2 Å². The van der Waals surface area contributed by atoms with E-state index in [-0.39, 0.29) is 0 Å². The maximum absolute atomic E-state index is 10.8. The van der Waals surface area contributed by atoms with Gasteiger partial charge in [0, 0.05) is 14.5 Å². The smallest absolute Gasteiger partial charge is 0.253 e. The van der Waals surface area contributed by atoms with E-state index in [0.717, 1.165) is 4.47 Å². The van der Waals surface area contributed by atoms with Gasteiger partial charge in [0.1, 0.15) is 0 Å². The second-order valence-electron chi connectivity index (χ2n) is 2.00. The minimum Gasteiger partial charge on any atom is -0.276 e. The summed E-state index contributed by atoms with van der Waals surface area (Å²) in [5, 5.41) is -0.0854. The second kappa shape index (κ2) is 4.09. The lowest BCUT2D eigenvalue weighted by Crippen LogP contribution is -1.90. The van der Waals surface area contributed by atoms with Crippen molar-refractivity contribution in [2.75, 3.05) is 0 Å². The van der Waals surface area contributed by atoms with Crippen LogP contribution < -0.4 is 0 Å². The molecule has 1 nitrogen and oxygen atoms in total. The molecule has 0 fully saturated rings. The molecule has 0 N–H and O–H groups in total. The van der Waals surface area contributed by atoms with Crippen molar-refractivity contribution in [2.45, 2.75) is 0 Å². The van der Waals surface area contributed by atoms with E-state index in [9.17, 15) is 4.79 Å². The first-order valence-electron chi connectivity index (χ1n) is 2.87. The first-order chi connectivity index (χ1) is 5.54. The Morgan fingerprint density at radius 2 is 1.92 bits per heavy atom. The minimum atomic E-state index is -0.531. The molecule has 0 aliphatic carbocycles. The van der Waals surface area contributed by atoms with Crippen LogP contribution in [0.25, 0.3) is 0 Å². The SMILES string of the molecule is O=C(Cl)c1ccc(Br)c(Cl)c1Br. The summed E-state index contributed by atoms with van der Waals surface area (Å²) >= 11 is 17.5. The van der Waals surface area contributed by atoms with Crippen molar-refractivity contribution in [3.05, 3.63) is 31.7 Å². The van der Waals surface area contributed by atoms with Gasteiger partial charge >= 0.3 is 0 Å². The van der Waals surface area contributed by atoms with Crippen LogP contribution in [-0.2, 0) is 0 Å². The Kier molecular flexibility index (Phi) is 3.58. The quantitative estimate of drug-likeness (QED) is 0.555. The number of carbonyl (C=O) groups is 1. The Labute approximate surface area is 96.3 Å². The summed E-state index contributed by atoms with van der Waals surface area (Å²) < 4.78 is 1.23. The molecule has 1 aromatic rings. The number of hydrogen-bond donors (Lipinski definition) is 0. The van der Waals surface area contributed by atoms with Crippen LogP contribution in [0.15, 0.2) is 21.1 Å². The Morgan fingerprint density at radius 1 is 1.33 bits per heavy atom. The summed E-state index contributed by atoms with van der Waals surface area (Å²) in [6, 6.07) is 3.26. The summed E-state index contributed by atoms with van der Waals surface area (Å²) in [5.41, 5.74) is 0.366. The average Bonchev–Trinajstić information content (AvgIpc) is 2.00. The number of hydrogen-bond acceptors (Lipinski definition) is 1. The molecule has 64 valence electrons. The maximum Gasteiger partial charge on any atom is 0.253 e. The number of rotatable bonds is 1. The molecular formula is C7H2Br2Cl2O. The third kappa shape index (κ3) is 2.02. The molecule has 0 spiro atoms. The van der Waals surface area contributed by atoms with Crippen molar-refractivity contribution in [1.29, 1.82) is 0 Å². The second-order valence-corrected chi connectivity index (χ2v) is 4.37. The third-order valence-electron chi connectivity index (χ3n) is 1.25. The molecule has 0 aliphatic heterocycles. The van der Waals surface area contributed by atoms with Crippen LogP contribution in [-0.4, -0.2) is 5.24 Å². The maximum atomic E-state index is 10.8. The van der Waals surface area contributed by atoms with Crippen LogP contribution in [0.4, 0.5) is 0 Å². The fraction of sp³-hybridized carbons (Fsp3) is 0. The zero-order chi connectivity index (χ0) is 9.30. The normalized spacial score (nSPS) is 10.0. The van der Waals surface area contributed by atoms with Crippen molar-refractivity contribution in [2.24, 2.45) is 0 Å². The van der Waals surface area contributed by atoms with Crippen molar-refractivity contribution >= 4 is 60.3 Å². The molecule has 0 heterocycles. The lowest BCUT2D eigenvalue weighted by atomic mass is 10.2. The average molecular weight is 333 g/mol. The highest BCUT2D eigenvalue weighted by Gasteiger charge is 2.11. The van der Waals surface area contributed by atoms with E-state index in [2.05, 4.69) is 31.9 Å². The molecule has 0 amide bonds. The van der Waals surface area contributed by atoms with Gasteiger partial charge in [-0.1, -0.05) is 11.6 Å². The Morgan fingerprint density at radius 3 is 2.42 bits per heavy atom. The van der Waals surface area contributed by atoms with E-state index in [1.165, 1.54) is 0 Å². The Balaban J connectivity index is 3.36. The highest BCUT2D eigenvalue weighted by atomic mass is 79.9. The lowest BCUT2D eigenvalue weighted by Gasteiger charge is -2.02. The van der Waals surface area contributed by atoms with Gasteiger partial charge in [0.15, 0.2) is 0 Å². The standard InChI is InChI=1S/C7H2Br2Cl2O/c8-4-2-1-3(7(11)12)5(9)6(4)10/h1-2H. The van der Waals surface area contributed by atoms with Gasteiger partial charge in [0.05, 0.1) is 5.02 Å². The first kappa shape index (κ1) is 10.5. The minimum absolute atomic E-state index is 0.366. The molecule has 0 unspecified atom stereocenters. The van der Waals surface area contributed by atoms with Gasteiger partial charge in [-0.3, -0.25) is 4.79 Å². The van der Waals surface area contributed by atoms with E-state index >= 15 is 0 Å². The monoisotopic (exact) mass is 330 g/mol. The van der Waals surface area contributed by atoms with Crippen LogP contribution in [0.1, 0.15) is 10.4 Å². The van der Waals surface area contributed by atoms with Crippen LogP contribution in [0, 0.1) is 0 Å². The molecule has 0 bridgehead atoms. The van der Waals surface area contributed by atoms with Crippen molar-refractivity contribution < 1.29 is 4.79 Å². The molecule has 12 heavy (non-hydrogen) atoms. The molecule has 0 atom stereocenters. The highest BCUT2D eigenvalue weighted by molar-refractivity contribution is 9.11. The molecule has 0 aromatic heterocycles. The van der Waals surface area contributed by atoms with E-state index in [0.29, 0.717) is 15.1 Å².